The Hall–Kier alpha value is -5.76. The lowest BCUT2D eigenvalue weighted by molar-refractivity contribution is 0.0826. The molecule has 0 unspecified atom stereocenters. The van der Waals surface area contributed by atoms with Crippen molar-refractivity contribution in [3.63, 3.8) is 0 Å². The van der Waals surface area contributed by atoms with Crippen molar-refractivity contribution in [1.29, 1.82) is 0 Å². The second kappa shape index (κ2) is 10.4. The summed E-state index contributed by atoms with van der Waals surface area (Å²) >= 11 is 0. The van der Waals surface area contributed by atoms with Crippen LogP contribution in [0.2, 0.25) is 0 Å². The number of fused-ring (bicyclic) bond motifs is 8. The number of aliphatic imine (C=N–C) groups is 2. The molecule has 8 heteroatoms. The number of hydrogen-bond donors (Lipinski definition) is 0. The van der Waals surface area contributed by atoms with Crippen molar-refractivity contribution in [1.82, 2.24) is 9.97 Å². The SMILES string of the molecule is CN1c2ccccc2C(C)(C)[C@]12C=Nc1c(ccc3ccncc13)O2.CN1c2ccccc2C(C)(C)[C@]12C=Nc1c(ccc3ccncc13)O2. The van der Waals surface area contributed by atoms with E-state index in [-0.39, 0.29) is 10.8 Å². The van der Waals surface area contributed by atoms with Crippen LogP contribution >= 0.6 is 0 Å². The fourth-order valence-corrected chi connectivity index (χ4v) is 8.43. The first kappa shape index (κ1) is 30.3. The van der Waals surface area contributed by atoms with E-state index in [2.05, 4.69) is 122 Å². The van der Waals surface area contributed by atoms with Crippen molar-refractivity contribution in [3.8, 4) is 11.5 Å². The van der Waals surface area contributed by atoms with Crippen LogP contribution in [0.1, 0.15) is 38.8 Å². The molecule has 2 spiro atoms. The molecule has 50 heavy (non-hydrogen) atoms. The minimum atomic E-state index is -0.639. The zero-order valence-corrected chi connectivity index (χ0v) is 29.0. The molecule has 0 bridgehead atoms. The Balaban J connectivity index is 0.000000135. The summed E-state index contributed by atoms with van der Waals surface area (Å²) in [5.41, 5.74) is 4.89. The highest BCUT2D eigenvalue weighted by Crippen LogP contribution is 2.55. The molecular weight excluding hydrogens is 621 g/mol. The Morgan fingerprint density at radius 3 is 1.36 bits per heavy atom. The van der Waals surface area contributed by atoms with E-state index in [4.69, 9.17) is 19.5 Å². The molecule has 0 N–H and O–H groups in total. The van der Waals surface area contributed by atoms with Crippen LogP contribution in [0.15, 0.2) is 120 Å². The molecule has 0 saturated carbocycles. The number of pyridine rings is 2. The van der Waals surface area contributed by atoms with Gasteiger partial charge in [0.05, 0.1) is 23.3 Å². The van der Waals surface area contributed by atoms with Gasteiger partial charge in [0.2, 0.25) is 11.4 Å². The highest BCUT2D eigenvalue weighted by Gasteiger charge is 2.59. The van der Waals surface area contributed by atoms with Gasteiger partial charge in [-0.2, -0.15) is 0 Å². The van der Waals surface area contributed by atoms with Crippen LogP contribution in [0.25, 0.3) is 21.5 Å². The normalized spacial score (nSPS) is 22.8. The molecule has 4 aromatic carbocycles. The Kier molecular flexibility index (Phi) is 6.29. The van der Waals surface area contributed by atoms with Crippen LogP contribution in [0.4, 0.5) is 22.7 Å². The van der Waals surface area contributed by atoms with E-state index in [1.807, 2.05) is 49.1 Å². The monoisotopic (exact) mass is 658 g/mol. The molecule has 8 nitrogen and oxygen atoms in total. The summed E-state index contributed by atoms with van der Waals surface area (Å²) in [7, 11) is 4.15. The topological polar surface area (TPSA) is 75.4 Å². The molecule has 2 atom stereocenters. The average molecular weight is 659 g/mol. The van der Waals surface area contributed by atoms with Crippen molar-refractivity contribution < 1.29 is 9.47 Å². The van der Waals surface area contributed by atoms with Gasteiger partial charge in [-0.25, -0.2) is 0 Å². The summed E-state index contributed by atoms with van der Waals surface area (Å²) in [6.45, 7) is 8.87. The van der Waals surface area contributed by atoms with Crippen molar-refractivity contribution in [2.45, 2.75) is 50.0 Å². The van der Waals surface area contributed by atoms with Gasteiger partial charge >= 0.3 is 0 Å². The smallest absolute Gasteiger partial charge is 0.228 e. The summed E-state index contributed by atoms with van der Waals surface area (Å²) in [5.74, 6) is 1.60. The van der Waals surface area contributed by atoms with E-state index in [0.717, 1.165) is 44.4 Å². The van der Waals surface area contributed by atoms with Gasteiger partial charge in [-0.3, -0.25) is 20.0 Å². The average Bonchev–Trinajstić information content (AvgIpc) is 3.41. The number of hydrogen-bond acceptors (Lipinski definition) is 8. The first-order valence-corrected chi connectivity index (χ1v) is 17.0. The Bertz CT molecular complexity index is 2250. The third kappa shape index (κ3) is 3.87. The molecule has 2 aromatic heterocycles. The van der Waals surface area contributed by atoms with E-state index < -0.39 is 11.4 Å². The molecule has 0 saturated heterocycles. The Morgan fingerprint density at radius 1 is 0.520 bits per heavy atom. The number of benzene rings is 4. The van der Waals surface area contributed by atoms with Crippen molar-refractivity contribution >= 4 is 56.7 Å². The lowest BCUT2D eigenvalue weighted by Crippen LogP contribution is -2.61. The highest BCUT2D eigenvalue weighted by molar-refractivity contribution is 6.00. The van der Waals surface area contributed by atoms with Crippen LogP contribution in [0.5, 0.6) is 11.5 Å². The van der Waals surface area contributed by atoms with Crippen LogP contribution in [0, 0.1) is 0 Å². The Morgan fingerprint density at radius 2 is 0.940 bits per heavy atom. The number of para-hydroxylation sites is 2. The maximum absolute atomic E-state index is 6.65. The molecule has 4 aliphatic heterocycles. The lowest BCUT2D eigenvalue weighted by atomic mass is 9.77. The van der Waals surface area contributed by atoms with E-state index in [1.165, 1.54) is 22.5 Å². The third-order valence-corrected chi connectivity index (χ3v) is 11.4. The molecule has 0 radical (unpaired) electrons. The minimum absolute atomic E-state index is 0.233. The number of rotatable bonds is 0. The van der Waals surface area contributed by atoms with E-state index in [0.29, 0.717) is 0 Å². The van der Waals surface area contributed by atoms with Gasteiger partial charge in [0.25, 0.3) is 0 Å². The zero-order valence-electron chi connectivity index (χ0n) is 29.0. The van der Waals surface area contributed by atoms with Gasteiger partial charge < -0.3 is 19.3 Å². The van der Waals surface area contributed by atoms with Gasteiger partial charge in [-0.1, -0.05) is 48.5 Å². The van der Waals surface area contributed by atoms with Crippen molar-refractivity contribution in [3.05, 3.63) is 121 Å². The van der Waals surface area contributed by atoms with Crippen LogP contribution < -0.4 is 19.3 Å². The minimum Gasteiger partial charge on any atom is -0.459 e. The summed E-state index contributed by atoms with van der Waals surface area (Å²) < 4.78 is 13.3. The van der Waals surface area contributed by atoms with Crippen LogP contribution in [-0.2, 0) is 10.8 Å². The van der Waals surface area contributed by atoms with Crippen LogP contribution in [-0.4, -0.2) is 47.9 Å². The predicted molar refractivity (Wildman–Crippen MR) is 202 cm³/mol. The summed E-state index contributed by atoms with van der Waals surface area (Å²) in [6, 6.07) is 29.1. The molecule has 10 rings (SSSR count). The number of likely N-dealkylation sites (N-methyl/N-ethyl adjacent to an activating group) is 2. The van der Waals surface area contributed by atoms with E-state index in [9.17, 15) is 0 Å². The molecule has 4 aliphatic rings. The fourth-order valence-electron chi connectivity index (χ4n) is 8.43. The second-order valence-electron chi connectivity index (χ2n) is 14.5. The molecule has 248 valence electrons. The maximum atomic E-state index is 6.65. The zero-order chi connectivity index (χ0) is 34.5. The first-order chi connectivity index (χ1) is 24.1. The summed E-state index contributed by atoms with van der Waals surface area (Å²) in [5, 5.41) is 4.27. The van der Waals surface area contributed by atoms with Gasteiger partial charge in [-0.05, 0) is 86.0 Å². The van der Waals surface area contributed by atoms with Crippen LogP contribution in [0.3, 0.4) is 0 Å². The van der Waals surface area contributed by atoms with Crippen molar-refractivity contribution in [2.75, 3.05) is 23.9 Å². The molecule has 6 heterocycles. The lowest BCUT2D eigenvalue weighted by Gasteiger charge is -2.44. The number of nitrogens with zero attached hydrogens (tertiary/aromatic N) is 6. The van der Waals surface area contributed by atoms with Gasteiger partial charge in [0.1, 0.15) is 22.9 Å². The van der Waals surface area contributed by atoms with Gasteiger partial charge in [-0.15, -0.1) is 0 Å². The molecule has 0 aliphatic carbocycles. The molecular formula is C42H38N6O2. The fraction of sp³-hybridized carbons (Fsp3) is 0.238. The standard InChI is InChI=1S/2C21H19N3O/c2*1-20(2)16-6-4-5-7-17(16)24(3)21(20)13-23-19-15-12-22-11-10-14(15)8-9-18(19)25-21/h2*4-13H,1-3H3/t2*21-/m11/s1. The number of aromatic nitrogens is 2. The number of ether oxygens (including phenoxy) is 2. The third-order valence-electron chi connectivity index (χ3n) is 11.4. The van der Waals surface area contributed by atoms with Gasteiger partial charge in [0.15, 0.2) is 0 Å². The Labute approximate surface area is 291 Å². The second-order valence-corrected chi connectivity index (χ2v) is 14.5. The molecule has 0 fully saturated rings. The summed E-state index contributed by atoms with van der Waals surface area (Å²) in [6.07, 6.45) is 11.2. The largest absolute Gasteiger partial charge is 0.459 e. The first-order valence-electron chi connectivity index (χ1n) is 17.0. The molecule has 6 aromatic rings. The summed E-state index contributed by atoms with van der Waals surface area (Å²) in [4.78, 5) is 22.6. The maximum Gasteiger partial charge on any atom is 0.228 e. The highest BCUT2D eigenvalue weighted by atomic mass is 16.5. The van der Waals surface area contributed by atoms with E-state index >= 15 is 0 Å². The predicted octanol–water partition coefficient (Wildman–Crippen LogP) is 8.91. The van der Waals surface area contributed by atoms with Crippen molar-refractivity contribution in [2.24, 2.45) is 9.98 Å². The number of anilines is 2. The molecule has 0 amide bonds. The van der Waals surface area contributed by atoms with Gasteiger partial charge in [0, 0.05) is 61.0 Å². The quantitative estimate of drug-likeness (QED) is 0.162. The van der Waals surface area contributed by atoms with E-state index in [1.54, 1.807) is 12.4 Å².